The number of carbonyl (C=O) groups is 1. The molecule has 4 rings (SSSR count). The highest BCUT2D eigenvalue weighted by Gasteiger charge is 2.66. The van der Waals surface area contributed by atoms with E-state index in [1.807, 2.05) is 34.6 Å². The quantitative estimate of drug-likeness (QED) is 0.270. The highest BCUT2D eigenvalue weighted by Crippen LogP contribution is 2.67. The topological polar surface area (TPSA) is 17.1 Å². The largest absolute Gasteiger partial charge is 0.298 e. The van der Waals surface area contributed by atoms with Gasteiger partial charge in [0.1, 0.15) is 0 Å². The van der Waals surface area contributed by atoms with Gasteiger partial charge in [0.25, 0.3) is 0 Å². The minimum atomic E-state index is -0.838. The van der Waals surface area contributed by atoms with Crippen molar-refractivity contribution in [3.63, 3.8) is 0 Å². The molecule has 1 nitrogen and oxygen atoms in total. The van der Waals surface area contributed by atoms with Crippen LogP contribution in [0.4, 0.5) is 0 Å². The number of benzene rings is 1. The summed E-state index contributed by atoms with van der Waals surface area (Å²) in [5.74, 6) is 0.138. The Labute approximate surface area is 156 Å². The molecule has 2 bridgehead atoms. The molecule has 3 aliphatic rings. The summed E-state index contributed by atoms with van der Waals surface area (Å²) in [6.45, 7) is 12.0. The van der Waals surface area contributed by atoms with Crippen LogP contribution in [0.2, 0.25) is 20.1 Å². The Kier molecular flexibility index (Phi) is 3.59. The Morgan fingerprint density at radius 3 is 1.61 bits per heavy atom. The van der Waals surface area contributed by atoms with E-state index < -0.39 is 16.2 Å². The number of hydrogen-bond acceptors (Lipinski definition) is 1. The van der Waals surface area contributed by atoms with E-state index in [-0.39, 0.29) is 15.8 Å². The molecule has 0 aliphatic heterocycles. The summed E-state index contributed by atoms with van der Waals surface area (Å²) in [6.07, 6.45) is 0. The van der Waals surface area contributed by atoms with E-state index in [0.29, 0.717) is 15.6 Å². The summed E-state index contributed by atoms with van der Waals surface area (Å²) in [5.41, 5.74) is 1.69. The van der Waals surface area contributed by atoms with Gasteiger partial charge >= 0.3 is 0 Å². The van der Waals surface area contributed by atoms with Crippen molar-refractivity contribution in [2.24, 2.45) is 5.41 Å². The lowest BCUT2D eigenvalue weighted by atomic mass is 9.41. The third kappa shape index (κ3) is 1.61. The average Bonchev–Trinajstić information content (AvgIpc) is 2.49. The van der Waals surface area contributed by atoms with Gasteiger partial charge in [0, 0.05) is 10.8 Å². The molecule has 0 spiro atoms. The number of carbonyl (C=O) groups excluding carboxylic acids is 1. The number of hydrogen-bond donors (Lipinski definition) is 0. The van der Waals surface area contributed by atoms with E-state index in [1.54, 1.807) is 0 Å². The molecule has 0 radical (unpaired) electrons. The predicted octanol–water partition coefficient (Wildman–Crippen LogP) is 6.77. The van der Waals surface area contributed by atoms with E-state index in [4.69, 9.17) is 46.4 Å². The molecule has 0 saturated carbocycles. The minimum absolute atomic E-state index is 0.138. The van der Waals surface area contributed by atoms with Crippen LogP contribution in [0, 0.1) is 5.41 Å². The number of halogens is 4. The predicted molar refractivity (Wildman–Crippen MR) is 98.3 cm³/mol. The van der Waals surface area contributed by atoms with Crippen molar-refractivity contribution < 1.29 is 4.79 Å². The van der Waals surface area contributed by atoms with Crippen LogP contribution in [0.1, 0.15) is 52.7 Å². The van der Waals surface area contributed by atoms with Crippen molar-refractivity contribution in [2.75, 3.05) is 0 Å². The molecule has 3 aliphatic carbocycles. The van der Waals surface area contributed by atoms with Crippen LogP contribution in [-0.2, 0) is 15.6 Å². The molecule has 0 fully saturated rings. The first kappa shape index (κ1) is 17.6. The van der Waals surface area contributed by atoms with Gasteiger partial charge < -0.3 is 0 Å². The smallest absolute Gasteiger partial charge is 0.154 e. The summed E-state index contributed by atoms with van der Waals surface area (Å²) >= 11 is 25.8. The van der Waals surface area contributed by atoms with Crippen LogP contribution in [0.25, 0.3) is 0 Å². The fourth-order valence-electron chi connectivity index (χ4n) is 4.61. The molecule has 0 heterocycles. The van der Waals surface area contributed by atoms with Crippen LogP contribution in [0.15, 0.2) is 11.1 Å². The standard InChI is InChI=1S/C18H18Cl4O/c1-7-8(2)18(6)10-9(11(19)13(21)14(22)12(10)20)17(7,5)15(23)16(18,3)4/h1-6H3/t17-,18+/m1/s1. The zero-order valence-corrected chi connectivity index (χ0v) is 16.9. The molecule has 1 aromatic rings. The molecule has 0 N–H and O–H groups in total. The third-order valence-electron chi connectivity index (χ3n) is 6.60. The number of rotatable bonds is 0. The molecule has 0 amide bonds. The Balaban J connectivity index is 2.66. The molecular formula is C18H18Cl4O. The monoisotopic (exact) mass is 390 g/mol. The van der Waals surface area contributed by atoms with Crippen molar-refractivity contribution >= 4 is 52.2 Å². The van der Waals surface area contributed by atoms with Crippen molar-refractivity contribution in [1.29, 1.82) is 0 Å². The average molecular weight is 392 g/mol. The molecule has 2 atom stereocenters. The third-order valence-corrected chi connectivity index (χ3v) is 8.40. The zero-order chi connectivity index (χ0) is 17.7. The van der Waals surface area contributed by atoms with Gasteiger partial charge in [0.2, 0.25) is 0 Å². The molecule has 0 aromatic heterocycles. The van der Waals surface area contributed by atoms with Gasteiger partial charge in [-0.05, 0) is 31.9 Å². The lowest BCUT2D eigenvalue weighted by Gasteiger charge is -2.60. The second kappa shape index (κ2) is 4.69. The first-order chi connectivity index (χ1) is 10.4. The summed E-state index contributed by atoms with van der Waals surface area (Å²) in [4.78, 5) is 13.4. The van der Waals surface area contributed by atoms with Crippen LogP contribution in [-0.4, -0.2) is 5.78 Å². The fraction of sp³-hybridized carbons (Fsp3) is 0.500. The normalized spacial score (nSPS) is 31.7. The minimum Gasteiger partial charge on any atom is -0.298 e. The van der Waals surface area contributed by atoms with Gasteiger partial charge in [-0.2, -0.15) is 0 Å². The molecule has 0 unspecified atom stereocenters. The number of ketones is 1. The summed E-state index contributed by atoms with van der Waals surface area (Å²) in [5, 5.41) is 1.20. The Morgan fingerprint density at radius 1 is 0.696 bits per heavy atom. The van der Waals surface area contributed by atoms with E-state index in [1.165, 1.54) is 0 Å². The lowest BCUT2D eigenvalue weighted by molar-refractivity contribution is -0.137. The first-order valence-electron chi connectivity index (χ1n) is 7.46. The van der Waals surface area contributed by atoms with Crippen molar-refractivity contribution in [2.45, 2.75) is 52.4 Å². The van der Waals surface area contributed by atoms with Crippen LogP contribution in [0.3, 0.4) is 0 Å². The Bertz CT molecular complexity index is 821. The van der Waals surface area contributed by atoms with Gasteiger partial charge in [-0.3, -0.25) is 4.79 Å². The van der Waals surface area contributed by atoms with Crippen molar-refractivity contribution in [3.05, 3.63) is 42.4 Å². The highest BCUT2D eigenvalue weighted by atomic mass is 35.5. The maximum atomic E-state index is 13.4. The Morgan fingerprint density at radius 2 is 1.13 bits per heavy atom. The van der Waals surface area contributed by atoms with Gasteiger partial charge in [-0.1, -0.05) is 78.3 Å². The van der Waals surface area contributed by atoms with Crippen LogP contribution < -0.4 is 0 Å². The van der Waals surface area contributed by atoms with Crippen LogP contribution >= 0.6 is 46.4 Å². The Hall–Kier alpha value is -0.210. The maximum absolute atomic E-state index is 13.4. The van der Waals surface area contributed by atoms with Crippen molar-refractivity contribution in [3.8, 4) is 0 Å². The number of fused-ring (bicyclic) bond motifs is 1. The van der Waals surface area contributed by atoms with E-state index >= 15 is 0 Å². The first-order valence-corrected chi connectivity index (χ1v) is 8.97. The lowest BCUT2D eigenvalue weighted by Crippen LogP contribution is -2.63. The second-order valence-electron chi connectivity index (χ2n) is 7.46. The molecule has 0 saturated heterocycles. The molecule has 124 valence electrons. The molecule has 1 aromatic carbocycles. The van der Waals surface area contributed by atoms with Gasteiger partial charge in [0.15, 0.2) is 5.78 Å². The summed E-state index contributed by atoms with van der Waals surface area (Å²) in [7, 11) is 0. The zero-order valence-electron chi connectivity index (χ0n) is 13.9. The summed E-state index contributed by atoms with van der Waals surface area (Å²) < 4.78 is 0. The highest BCUT2D eigenvalue weighted by molar-refractivity contribution is 6.52. The second-order valence-corrected chi connectivity index (χ2v) is 8.97. The molecule has 5 heteroatoms. The van der Waals surface area contributed by atoms with E-state index in [0.717, 1.165) is 16.7 Å². The van der Waals surface area contributed by atoms with Gasteiger partial charge in [0.05, 0.1) is 25.5 Å². The maximum Gasteiger partial charge on any atom is 0.154 e. The van der Waals surface area contributed by atoms with Crippen LogP contribution in [0.5, 0.6) is 0 Å². The number of allylic oxidation sites excluding steroid dienone is 2. The van der Waals surface area contributed by atoms with Crippen molar-refractivity contribution in [1.82, 2.24) is 0 Å². The summed E-state index contributed by atoms with van der Waals surface area (Å²) in [6, 6.07) is 0. The molecular weight excluding hydrogens is 374 g/mol. The van der Waals surface area contributed by atoms with E-state index in [9.17, 15) is 4.79 Å². The SMILES string of the molecule is CC1=C(C)[C@@]2(C)c3c(Cl)c(Cl)c(Cl)c(Cl)c3[C@]1(C)C(=O)C2(C)C. The van der Waals surface area contributed by atoms with E-state index in [2.05, 4.69) is 6.92 Å². The van der Waals surface area contributed by atoms with Gasteiger partial charge in [-0.15, -0.1) is 0 Å². The number of Topliss-reactive ketones (excluding diaryl/α,β-unsaturated/α-hetero) is 1. The molecule has 23 heavy (non-hydrogen) atoms. The van der Waals surface area contributed by atoms with Gasteiger partial charge in [-0.25, -0.2) is 0 Å². The fourth-order valence-corrected chi connectivity index (χ4v) is 5.84.